The minimum absolute atomic E-state index is 0.791. The lowest BCUT2D eigenvalue weighted by Gasteiger charge is -1.93. The fourth-order valence-corrected chi connectivity index (χ4v) is 3.29. The molecule has 0 aromatic heterocycles. The minimum atomic E-state index is 0.791. The summed E-state index contributed by atoms with van der Waals surface area (Å²) < 4.78 is 0. The molecular weight excluding hydrogens is 136 g/mol. The van der Waals surface area contributed by atoms with E-state index in [1.807, 2.05) is 0 Å². The Bertz CT molecular complexity index is 124. The Morgan fingerprint density at radius 2 is 2.12 bits per heavy atom. The third kappa shape index (κ3) is 0.462. The summed E-state index contributed by atoms with van der Waals surface area (Å²) in [5, 5.41) is 0. The molecule has 0 amide bonds. The van der Waals surface area contributed by atoms with E-state index in [1.54, 1.807) is 10.8 Å². The van der Waals surface area contributed by atoms with Gasteiger partial charge >= 0.3 is 0 Å². The zero-order valence-corrected chi connectivity index (χ0v) is 6.69. The smallest absolute Gasteiger partial charge is 0.00968 e. The van der Waals surface area contributed by atoms with Crippen molar-refractivity contribution >= 4 is 22.5 Å². The van der Waals surface area contributed by atoms with Crippen molar-refractivity contribution in [2.75, 3.05) is 5.75 Å². The van der Waals surface area contributed by atoms with Crippen LogP contribution in [0.5, 0.6) is 0 Å². The maximum atomic E-state index is 4.13. The van der Waals surface area contributed by atoms with Crippen LogP contribution in [0.25, 0.3) is 0 Å². The van der Waals surface area contributed by atoms with Crippen LogP contribution in [0.15, 0.2) is 0 Å². The fourth-order valence-electron chi connectivity index (χ4n) is 1.75. The Kier molecular flexibility index (Phi) is 0.849. The topological polar surface area (TPSA) is 0 Å². The number of hydrogen-bond acceptors (Lipinski definition) is 2. The van der Waals surface area contributed by atoms with Crippen molar-refractivity contribution in [2.24, 2.45) is 10.8 Å². The number of hydrogen-bond donors (Lipinski definition) is 1. The molecule has 2 heteroatoms. The van der Waals surface area contributed by atoms with E-state index in [4.69, 9.17) is 0 Å². The zero-order chi connectivity index (χ0) is 5.83. The second-order valence-corrected chi connectivity index (χ2v) is 4.79. The van der Waals surface area contributed by atoms with Crippen LogP contribution >= 0.6 is 22.5 Å². The Labute approximate surface area is 59.2 Å². The minimum Gasteiger partial charge on any atom is -0.111 e. The van der Waals surface area contributed by atoms with E-state index < -0.39 is 0 Å². The summed E-state index contributed by atoms with van der Waals surface area (Å²) in [6, 6.07) is 0. The summed E-state index contributed by atoms with van der Waals surface area (Å²) in [7, 11) is 1.71. The van der Waals surface area contributed by atoms with Crippen molar-refractivity contribution in [3.8, 4) is 0 Å². The molecule has 0 spiro atoms. The van der Waals surface area contributed by atoms with E-state index in [-0.39, 0.29) is 0 Å². The predicted octanol–water partition coefficient (Wildman–Crippen LogP) is 2.36. The lowest BCUT2D eigenvalue weighted by Crippen LogP contribution is -1.85. The largest absolute Gasteiger partial charge is 0.111 e. The SMILES string of the molecule is C[C@]12C[C@@]1(CSS)C2. The molecule has 0 heterocycles. The van der Waals surface area contributed by atoms with Gasteiger partial charge in [-0.2, -0.15) is 0 Å². The van der Waals surface area contributed by atoms with Gasteiger partial charge < -0.3 is 0 Å². The highest BCUT2D eigenvalue weighted by atomic mass is 33.1. The van der Waals surface area contributed by atoms with Gasteiger partial charge in [0.1, 0.15) is 0 Å². The summed E-state index contributed by atoms with van der Waals surface area (Å²) in [6.45, 7) is 2.39. The monoisotopic (exact) mass is 146 g/mol. The maximum Gasteiger partial charge on any atom is 0.00968 e. The van der Waals surface area contributed by atoms with Gasteiger partial charge in [-0.25, -0.2) is 0 Å². The van der Waals surface area contributed by atoms with E-state index in [0.717, 1.165) is 10.8 Å². The summed E-state index contributed by atoms with van der Waals surface area (Å²) >= 11 is 4.13. The van der Waals surface area contributed by atoms with E-state index in [2.05, 4.69) is 18.6 Å². The normalized spacial score (nSPS) is 57.8. The molecule has 0 N–H and O–H groups in total. The van der Waals surface area contributed by atoms with Gasteiger partial charge in [0.05, 0.1) is 0 Å². The van der Waals surface area contributed by atoms with Crippen LogP contribution in [0.4, 0.5) is 0 Å². The number of fused-ring (bicyclic) bond motifs is 1. The fraction of sp³-hybridized carbons (Fsp3) is 1.00. The molecule has 0 aromatic carbocycles. The number of rotatable bonds is 2. The molecule has 2 aliphatic rings. The summed E-state index contributed by atoms with van der Waals surface area (Å²) in [4.78, 5) is 0. The highest BCUT2D eigenvalue weighted by molar-refractivity contribution is 8.68. The number of thiol groups is 1. The van der Waals surface area contributed by atoms with Crippen molar-refractivity contribution in [1.29, 1.82) is 0 Å². The van der Waals surface area contributed by atoms with Gasteiger partial charge in [0, 0.05) is 5.75 Å². The van der Waals surface area contributed by atoms with Crippen LogP contribution in [0.2, 0.25) is 0 Å². The van der Waals surface area contributed by atoms with Gasteiger partial charge in [0.25, 0.3) is 0 Å². The first-order valence-corrected chi connectivity index (χ1v) is 5.03. The highest BCUT2D eigenvalue weighted by Gasteiger charge is 2.79. The van der Waals surface area contributed by atoms with Crippen LogP contribution in [0, 0.1) is 10.8 Å². The molecule has 2 fully saturated rings. The molecule has 0 bridgehead atoms. The third-order valence-electron chi connectivity index (χ3n) is 2.83. The first-order valence-electron chi connectivity index (χ1n) is 2.99. The average Bonchev–Trinajstić information content (AvgIpc) is 2.25. The molecule has 0 atom stereocenters. The van der Waals surface area contributed by atoms with Gasteiger partial charge in [0.2, 0.25) is 0 Å². The van der Waals surface area contributed by atoms with Crippen molar-refractivity contribution < 1.29 is 0 Å². The van der Waals surface area contributed by atoms with Crippen LogP contribution in [0.1, 0.15) is 19.8 Å². The molecular formula is C6H10S2. The maximum absolute atomic E-state index is 4.13. The molecule has 8 heavy (non-hydrogen) atoms. The standard InChI is InChI=1S/C6H10S2/c1-5-2-6(5,3-5)4-8-7/h7H,2-4H2,1H3/t5-,6+. The Hall–Kier alpha value is 0.700. The van der Waals surface area contributed by atoms with E-state index in [1.165, 1.54) is 18.6 Å². The van der Waals surface area contributed by atoms with Gasteiger partial charge in [-0.05, 0) is 23.7 Å². The van der Waals surface area contributed by atoms with E-state index >= 15 is 0 Å². The Morgan fingerprint density at radius 1 is 1.62 bits per heavy atom. The highest BCUT2D eigenvalue weighted by Crippen LogP contribution is 2.86. The molecule has 2 saturated carbocycles. The van der Waals surface area contributed by atoms with Crippen LogP contribution in [-0.4, -0.2) is 5.75 Å². The van der Waals surface area contributed by atoms with Gasteiger partial charge in [0.15, 0.2) is 0 Å². The van der Waals surface area contributed by atoms with Gasteiger partial charge in [-0.1, -0.05) is 17.7 Å². The molecule has 0 unspecified atom stereocenters. The Morgan fingerprint density at radius 3 is 2.25 bits per heavy atom. The van der Waals surface area contributed by atoms with Crippen molar-refractivity contribution in [3.63, 3.8) is 0 Å². The average molecular weight is 146 g/mol. The lowest BCUT2D eigenvalue weighted by atomic mass is 10.2. The van der Waals surface area contributed by atoms with Crippen molar-refractivity contribution in [1.82, 2.24) is 0 Å². The Balaban J connectivity index is 1.94. The molecule has 0 saturated heterocycles. The third-order valence-corrected chi connectivity index (χ3v) is 3.90. The van der Waals surface area contributed by atoms with Crippen LogP contribution in [-0.2, 0) is 0 Å². The second-order valence-electron chi connectivity index (χ2n) is 3.47. The molecule has 2 rings (SSSR count). The molecule has 0 nitrogen and oxygen atoms in total. The van der Waals surface area contributed by atoms with Crippen LogP contribution in [0.3, 0.4) is 0 Å². The quantitative estimate of drug-likeness (QED) is 0.461. The first kappa shape index (κ1) is 5.48. The van der Waals surface area contributed by atoms with Crippen LogP contribution < -0.4 is 0 Å². The summed E-state index contributed by atoms with van der Waals surface area (Å²) in [5.74, 6) is 1.28. The predicted molar refractivity (Wildman–Crippen MR) is 41.2 cm³/mol. The van der Waals surface area contributed by atoms with Crippen molar-refractivity contribution in [3.05, 3.63) is 0 Å². The molecule has 0 radical (unpaired) electrons. The molecule has 2 aliphatic carbocycles. The van der Waals surface area contributed by atoms with Gasteiger partial charge in [-0.3, -0.25) is 0 Å². The van der Waals surface area contributed by atoms with Crippen molar-refractivity contribution in [2.45, 2.75) is 19.8 Å². The van der Waals surface area contributed by atoms with E-state index in [9.17, 15) is 0 Å². The lowest BCUT2D eigenvalue weighted by molar-refractivity contribution is 0.691. The second kappa shape index (κ2) is 1.24. The molecule has 46 valence electrons. The molecule has 0 aromatic rings. The van der Waals surface area contributed by atoms with E-state index in [0.29, 0.717) is 0 Å². The first-order chi connectivity index (χ1) is 3.72. The summed E-state index contributed by atoms with van der Waals surface area (Å²) in [6.07, 6.45) is 2.96. The molecule has 0 aliphatic heterocycles. The van der Waals surface area contributed by atoms with Gasteiger partial charge in [-0.15, -0.1) is 11.7 Å². The summed E-state index contributed by atoms with van der Waals surface area (Å²) in [5.41, 5.74) is 1.59. The zero-order valence-electron chi connectivity index (χ0n) is 4.98.